The number of rotatable bonds is 7. The molecule has 15 heteroatoms. The number of nitrogens with zero attached hydrogens (tertiary/aromatic N) is 9. The van der Waals surface area contributed by atoms with E-state index in [9.17, 15) is 22.8 Å². The second-order valence-electron chi connectivity index (χ2n) is 11.0. The SMILES string of the molecule is CN1CCN(C(=O)Cn2cc(Nc3nc4c(N5C[C@@]6(C)C=C5CN6C(=O)CCC(F)(F)F)cccn4n3)cn2)CC1. The second kappa shape index (κ2) is 10.0. The van der Waals surface area contributed by atoms with Crippen LogP contribution in [0.25, 0.3) is 5.65 Å². The smallest absolute Gasteiger partial charge is 0.339 e. The van der Waals surface area contributed by atoms with Gasteiger partial charge in [0.15, 0.2) is 5.65 Å². The van der Waals surface area contributed by atoms with Crippen LogP contribution in [0.4, 0.5) is 30.5 Å². The van der Waals surface area contributed by atoms with E-state index >= 15 is 0 Å². The molecule has 3 aliphatic rings. The molecule has 12 nitrogen and oxygen atoms in total. The van der Waals surface area contributed by atoms with Gasteiger partial charge in [-0.05, 0) is 32.2 Å². The summed E-state index contributed by atoms with van der Waals surface area (Å²) in [4.78, 5) is 37.5. The van der Waals surface area contributed by atoms with E-state index in [0.29, 0.717) is 36.9 Å². The summed E-state index contributed by atoms with van der Waals surface area (Å²) in [6.07, 6.45) is 0.999. The Labute approximate surface area is 234 Å². The Morgan fingerprint density at radius 3 is 2.63 bits per heavy atom. The Morgan fingerprint density at radius 2 is 1.93 bits per heavy atom. The molecule has 3 aromatic heterocycles. The van der Waals surface area contributed by atoms with Gasteiger partial charge in [-0.15, -0.1) is 5.10 Å². The zero-order valence-electron chi connectivity index (χ0n) is 22.8. The maximum atomic E-state index is 12.7. The average Bonchev–Trinajstić information content (AvgIpc) is 3.68. The van der Waals surface area contributed by atoms with Gasteiger partial charge in [0.05, 0.1) is 36.1 Å². The molecule has 3 aromatic rings. The minimum atomic E-state index is -4.37. The number of hydrogen-bond acceptors (Lipinski definition) is 8. The fourth-order valence-corrected chi connectivity index (χ4v) is 5.63. The van der Waals surface area contributed by atoms with Crippen LogP contribution in [-0.2, 0) is 16.1 Å². The van der Waals surface area contributed by atoms with Crippen LogP contribution in [-0.4, -0.2) is 109 Å². The average molecular weight is 573 g/mol. The first-order valence-electron chi connectivity index (χ1n) is 13.5. The lowest BCUT2D eigenvalue weighted by Crippen LogP contribution is -2.54. The summed E-state index contributed by atoms with van der Waals surface area (Å²) in [7, 11) is 2.04. The van der Waals surface area contributed by atoms with Gasteiger partial charge in [0.1, 0.15) is 6.54 Å². The number of aromatic nitrogens is 5. The monoisotopic (exact) mass is 572 g/mol. The number of pyridine rings is 1. The van der Waals surface area contributed by atoms with Crippen molar-refractivity contribution in [3.63, 3.8) is 0 Å². The lowest BCUT2D eigenvalue weighted by atomic mass is 10.0. The molecule has 1 atom stereocenters. The van der Waals surface area contributed by atoms with Crippen LogP contribution >= 0.6 is 0 Å². The summed E-state index contributed by atoms with van der Waals surface area (Å²) in [5.41, 5.74) is 2.13. The molecule has 0 unspecified atom stereocenters. The number of amides is 2. The number of hydrogen-bond donors (Lipinski definition) is 1. The third-order valence-electron chi connectivity index (χ3n) is 7.84. The molecule has 2 amide bonds. The van der Waals surface area contributed by atoms with Gasteiger partial charge in [-0.25, -0.2) is 4.52 Å². The minimum absolute atomic E-state index is 0.0202. The zero-order valence-corrected chi connectivity index (χ0v) is 22.8. The third kappa shape index (κ3) is 5.45. The van der Waals surface area contributed by atoms with Crippen molar-refractivity contribution in [2.24, 2.45) is 0 Å². The van der Waals surface area contributed by atoms with Crippen molar-refractivity contribution in [3.05, 3.63) is 42.5 Å². The van der Waals surface area contributed by atoms with Crippen molar-refractivity contribution < 1.29 is 22.8 Å². The van der Waals surface area contributed by atoms with Gasteiger partial charge in [0.25, 0.3) is 0 Å². The molecule has 6 rings (SSSR count). The molecule has 1 fully saturated rings. The van der Waals surface area contributed by atoms with E-state index in [1.54, 1.807) is 27.8 Å². The van der Waals surface area contributed by atoms with E-state index in [0.717, 1.165) is 24.5 Å². The largest absolute Gasteiger partial charge is 0.389 e. The Kier molecular flexibility index (Phi) is 6.63. The lowest BCUT2D eigenvalue weighted by Gasteiger charge is -2.41. The van der Waals surface area contributed by atoms with Gasteiger partial charge < -0.3 is 24.9 Å². The number of halogens is 3. The Morgan fingerprint density at radius 1 is 1.15 bits per heavy atom. The number of fused-ring (bicyclic) bond motifs is 2. The van der Waals surface area contributed by atoms with Gasteiger partial charge in [-0.1, -0.05) is 0 Å². The van der Waals surface area contributed by atoms with Gasteiger partial charge >= 0.3 is 6.18 Å². The molecular weight excluding hydrogens is 541 g/mol. The summed E-state index contributed by atoms with van der Waals surface area (Å²) >= 11 is 0. The van der Waals surface area contributed by atoms with Gasteiger partial charge in [-0.3, -0.25) is 14.3 Å². The molecule has 0 spiro atoms. The lowest BCUT2D eigenvalue weighted by molar-refractivity contribution is -0.151. The van der Waals surface area contributed by atoms with E-state index in [-0.39, 0.29) is 19.0 Å². The highest BCUT2D eigenvalue weighted by Gasteiger charge is 2.48. The van der Waals surface area contributed by atoms with E-state index in [1.807, 2.05) is 42.0 Å². The van der Waals surface area contributed by atoms with Crippen molar-refractivity contribution in [3.8, 4) is 0 Å². The summed E-state index contributed by atoms with van der Waals surface area (Å²) in [5.74, 6) is -0.142. The van der Waals surface area contributed by atoms with Crippen molar-refractivity contribution in [1.29, 1.82) is 0 Å². The van der Waals surface area contributed by atoms with E-state index in [1.165, 1.54) is 4.90 Å². The van der Waals surface area contributed by atoms with Crippen LogP contribution in [0.15, 0.2) is 42.5 Å². The van der Waals surface area contributed by atoms with Crippen molar-refractivity contribution in [1.82, 2.24) is 39.1 Å². The summed E-state index contributed by atoms with van der Waals surface area (Å²) in [5, 5.41) is 12.0. The number of piperazine rings is 2. The fourth-order valence-electron chi connectivity index (χ4n) is 5.63. The number of carbonyl (C=O) groups is 2. The number of likely N-dealkylation sites (N-methyl/N-ethyl adjacent to an activating group) is 1. The van der Waals surface area contributed by atoms with E-state index in [2.05, 4.69) is 25.4 Å². The van der Waals surface area contributed by atoms with Crippen LogP contribution in [0.5, 0.6) is 0 Å². The number of anilines is 3. The van der Waals surface area contributed by atoms with E-state index in [4.69, 9.17) is 0 Å². The van der Waals surface area contributed by atoms with Crippen molar-refractivity contribution >= 4 is 34.8 Å². The highest BCUT2D eigenvalue weighted by Crippen LogP contribution is 2.41. The number of alkyl halides is 3. The minimum Gasteiger partial charge on any atom is -0.339 e. The summed E-state index contributed by atoms with van der Waals surface area (Å²) in [6, 6.07) is 3.74. The predicted octanol–water partition coefficient (Wildman–Crippen LogP) is 2.09. The standard InChI is InChI=1S/C26H31F3N10O2/c1-25-12-19(15-38(25)21(40)5-6-26(27,28)29)37(17-25)20-4-3-7-39-23(20)32-24(33-39)31-18-13-30-36(14-18)16-22(41)35-10-8-34(2)9-11-35/h3-4,7,12-14H,5-6,8-11,15-17H2,1-2H3,(H,31,33)/t25-/m1/s1. The van der Waals surface area contributed by atoms with Crippen molar-refractivity contribution in [2.45, 2.75) is 38.0 Å². The topological polar surface area (TPSA) is 107 Å². The quantitative estimate of drug-likeness (QED) is 0.459. The molecule has 0 saturated carbocycles. The van der Waals surface area contributed by atoms with Gasteiger partial charge in [0.2, 0.25) is 17.8 Å². The first-order valence-corrected chi connectivity index (χ1v) is 13.5. The highest BCUT2D eigenvalue weighted by atomic mass is 19.4. The van der Waals surface area contributed by atoms with Gasteiger partial charge in [-0.2, -0.15) is 23.3 Å². The van der Waals surface area contributed by atoms with Crippen LogP contribution in [0.2, 0.25) is 0 Å². The van der Waals surface area contributed by atoms with Crippen LogP contribution in [0.1, 0.15) is 19.8 Å². The predicted molar refractivity (Wildman–Crippen MR) is 143 cm³/mol. The van der Waals surface area contributed by atoms with E-state index < -0.39 is 30.5 Å². The molecule has 218 valence electrons. The molecule has 2 bridgehead atoms. The normalized spacial score (nSPS) is 21.2. The molecule has 0 radical (unpaired) electrons. The summed E-state index contributed by atoms with van der Waals surface area (Å²) < 4.78 is 41.2. The first-order chi connectivity index (χ1) is 19.5. The van der Waals surface area contributed by atoms with Crippen LogP contribution in [0.3, 0.4) is 0 Å². The fraction of sp³-hybridized carbons (Fsp3) is 0.500. The van der Waals surface area contributed by atoms with Gasteiger partial charge in [0, 0.05) is 57.2 Å². The number of carbonyl (C=O) groups excluding carboxylic acids is 2. The maximum Gasteiger partial charge on any atom is 0.389 e. The first kappa shape index (κ1) is 27.1. The second-order valence-corrected chi connectivity index (χ2v) is 11.0. The maximum absolute atomic E-state index is 12.7. The molecular formula is C26H31F3N10O2. The number of nitrogens with one attached hydrogen (secondary N) is 1. The molecule has 1 saturated heterocycles. The molecule has 41 heavy (non-hydrogen) atoms. The van der Waals surface area contributed by atoms with Crippen molar-refractivity contribution in [2.75, 3.05) is 56.5 Å². The van der Waals surface area contributed by atoms with Crippen LogP contribution < -0.4 is 10.2 Å². The van der Waals surface area contributed by atoms with Crippen LogP contribution in [0, 0.1) is 0 Å². The Hall–Kier alpha value is -4.14. The Bertz CT molecular complexity index is 1510. The Balaban J connectivity index is 1.12. The molecule has 1 N–H and O–H groups in total. The summed E-state index contributed by atoms with van der Waals surface area (Å²) in [6.45, 7) is 5.75. The molecule has 3 aliphatic heterocycles. The third-order valence-corrected chi connectivity index (χ3v) is 7.84. The molecule has 6 heterocycles. The zero-order chi connectivity index (χ0) is 28.9. The highest BCUT2D eigenvalue weighted by molar-refractivity contribution is 5.82. The molecule has 0 aliphatic carbocycles. The molecule has 0 aromatic carbocycles.